The van der Waals surface area contributed by atoms with E-state index in [0.29, 0.717) is 0 Å². The van der Waals surface area contributed by atoms with Crippen LogP contribution < -0.4 is 0 Å². The van der Waals surface area contributed by atoms with Gasteiger partial charge in [0.15, 0.2) is 0 Å². The molecule has 0 saturated heterocycles. The Hall–Kier alpha value is -1.48. The molecule has 2 aliphatic rings. The van der Waals surface area contributed by atoms with E-state index in [1.165, 1.54) is 28.3 Å². The van der Waals surface area contributed by atoms with Gasteiger partial charge in [-0.1, -0.05) is 18.2 Å². The molecule has 0 unspecified atom stereocenters. The molecule has 1 nitrogen and oxygen atoms in total. The zero-order valence-electron chi connectivity index (χ0n) is 10.9. The molecule has 0 saturated carbocycles. The Morgan fingerprint density at radius 3 is 2.63 bits per heavy atom. The average Bonchev–Trinajstić information content (AvgIpc) is 2.83. The molecule has 98 valence electrons. The molecule has 0 fully saturated rings. The second kappa shape index (κ2) is 5.25. The van der Waals surface area contributed by atoms with Crippen LogP contribution in [0.3, 0.4) is 0 Å². The van der Waals surface area contributed by atoms with Crippen LogP contribution in [0.5, 0.6) is 0 Å². The SMILES string of the molecule is CN1CSC(C2=CCCC=C2)=C1c1ccc(F)cc1. The summed E-state index contributed by atoms with van der Waals surface area (Å²) in [5, 5.41) is 0. The molecular formula is C16H16FNS. The number of halogens is 1. The first-order chi connectivity index (χ1) is 9.25. The maximum Gasteiger partial charge on any atom is 0.123 e. The van der Waals surface area contributed by atoms with Crippen molar-refractivity contribution in [2.24, 2.45) is 0 Å². The molecule has 0 N–H and O–H groups in total. The summed E-state index contributed by atoms with van der Waals surface area (Å²) in [6, 6.07) is 6.78. The van der Waals surface area contributed by atoms with Crippen LogP contribution in [0, 0.1) is 5.82 Å². The van der Waals surface area contributed by atoms with E-state index in [1.807, 2.05) is 23.9 Å². The minimum atomic E-state index is -0.184. The Kier molecular flexibility index (Phi) is 3.47. The van der Waals surface area contributed by atoms with Crippen molar-refractivity contribution in [2.45, 2.75) is 12.8 Å². The Labute approximate surface area is 117 Å². The lowest BCUT2D eigenvalue weighted by molar-refractivity contribution is 0.576. The predicted molar refractivity (Wildman–Crippen MR) is 80.0 cm³/mol. The molecule has 1 aromatic carbocycles. The first-order valence-corrected chi connectivity index (χ1v) is 7.45. The molecule has 1 aliphatic carbocycles. The van der Waals surface area contributed by atoms with Crippen LogP contribution in [0.25, 0.3) is 5.70 Å². The molecule has 0 radical (unpaired) electrons. The third-order valence-electron chi connectivity index (χ3n) is 3.37. The molecule has 3 heteroatoms. The highest BCUT2D eigenvalue weighted by molar-refractivity contribution is 8.03. The standard InChI is InChI=1S/C16H16FNS/c1-18-11-19-16(13-5-3-2-4-6-13)15(18)12-7-9-14(17)10-8-12/h3,5-10H,2,4,11H2,1H3. The largest absolute Gasteiger partial charge is 0.364 e. The van der Waals surface area contributed by atoms with Crippen molar-refractivity contribution < 1.29 is 4.39 Å². The van der Waals surface area contributed by atoms with Crippen LogP contribution in [0.2, 0.25) is 0 Å². The van der Waals surface area contributed by atoms with Crippen LogP contribution in [0.1, 0.15) is 18.4 Å². The van der Waals surface area contributed by atoms with Gasteiger partial charge in [0.2, 0.25) is 0 Å². The summed E-state index contributed by atoms with van der Waals surface area (Å²) in [5.41, 5.74) is 3.60. The Bertz CT molecular complexity index is 569. The number of nitrogens with zero attached hydrogens (tertiary/aromatic N) is 1. The van der Waals surface area contributed by atoms with Gasteiger partial charge in [-0.25, -0.2) is 4.39 Å². The smallest absolute Gasteiger partial charge is 0.123 e. The summed E-state index contributed by atoms with van der Waals surface area (Å²) < 4.78 is 13.1. The van der Waals surface area contributed by atoms with Gasteiger partial charge in [0.25, 0.3) is 0 Å². The van der Waals surface area contributed by atoms with Gasteiger partial charge in [-0.15, -0.1) is 11.8 Å². The Balaban J connectivity index is 2.05. The number of thioether (sulfide) groups is 1. The lowest BCUT2D eigenvalue weighted by atomic mass is 10.0. The maximum atomic E-state index is 13.1. The summed E-state index contributed by atoms with van der Waals surface area (Å²) >= 11 is 1.86. The lowest BCUT2D eigenvalue weighted by Gasteiger charge is -2.17. The van der Waals surface area contributed by atoms with Crippen LogP contribution in [0.15, 0.2) is 53.0 Å². The summed E-state index contributed by atoms with van der Waals surface area (Å²) in [7, 11) is 2.09. The molecule has 0 aromatic heterocycles. The van der Waals surface area contributed by atoms with Gasteiger partial charge >= 0.3 is 0 Å². The van der Waals surface area contributed by atoms with E-state index in [-0.39, 0.29) is 5.82 Å². The topological polar surface area (TPSA) is 3.24 Å². The third kappa shape index (κ3) is 2.47. The normalized spacial score (nSPS) is 19.1. The fraction of sp³-hybridized carbons (Fsp3) is 0.250. The number of benzene rings is 1. The van der Waals surface area contributed by atoms with Crippen LogP contribution in [-0.2, 0) is 0 Å². The first-order valence-electron chi connectivity index (χ1n) is 6.47. The van der Waals surface area contributed by atoms with Gasteiger partial charge in [-0.2, -0.15) is 0 Å². The zero-order valence-corrected chi connectivity index (χ0v) is 11.7. The van der Waals surface area contributed by atoms with Crippen LogP contribution in [-0.4, -0.2) is 17.8 Å². The molecule has 0 spiro atoms. The lowest BCUT2D eigenvalue weighted by Crippen LogP contribution is -2.11. The molecule has 0 bridgehead atoms. The van der Waals surface area contributed by atoms with Crippen LogP contribution >= 0.6 is 11.8 Å². The van der Waals surface area contributed by atoms with Crippen molar-refractivity contribution >= 4 is 17.5 Å². The fourth-order valence-electron chi connectivity index (χ4n) is 2.43. The summed E-state index contributed by atoms with van der Waals surface area (Å²) in [6.45, 7) is 0. The number of rotatable bonds is 2. The van der Waals surface area contributed by atoms with E-state index < -0.39 is 0 Å². The monoisotopic (exact) mass is 273 g/mol. The van der Waals surface area contributed by atoms with Crippen molar-refractivity contribution in [1.29, 1.82) is 0 Å². The van der Waals surface area contributed by atoms with Crippen LogP contribution in [0.4, 0.5) is 4.39 Å². The van der Waals surface area contributed by atoms with Crippen molar-refractivity contribution in [3.63, 3.8) is 0 Å². The van der Waals surface area contributed by atoms with Gasteiger partial charge in [0.1, 0.15) is 5.82 Å². The number of hydrogen-bond donors (Lipinski definition) is 0. The molecule has 1 aromatic rings. The van der Waals surface area contributed by atoms with E-state index in [2.05, 4.69) is 30.2 Å². The van der Waals surface area contributed by atoms with E-state index in [0.717, 1.165) is 24.3 Å². The van der Waals surface area contributed by atoms with Gasteiger partial charge in [0.05, 0.1) is 11.6 Å². The highest BCUT2D eigenvalue weighted by atomic mass is 32.2. The highest BCUT2D eigenvalue weighted by Gasteiger charge is 2.23. The van der Waals surface area contributed by atoms with E-state index >= 15 is 0 Å². The van der Waals surface area contributed by atoms with Crippen molar-refractivity contribution in [2.75, 3.05) is 12.9 Å². The Morgan fingerprint density at radius 1 is 1.16 bits per heavy atom. The summed E-state index contributed by atoms with van der Waals surface area (Å²) in [4.78, 5) is 3.54. The fourth-order valence-corrected chi connectivity index (χ4v) is 3.61. The van der Waals surface area contributed by atoms with Crippen molar-refractivity contribution in [3.8, 4) is 0 Å². The third-order valence-corrected chi connectivity index (χ3v) is 4.61. The van der Waals surface area contributed by atoms with Gasteiger partial charge in [-0.05, 0) is 48.2 Å². The summed E-state index contributed by atoms with van der Waals surface area (Å²) in [6.07, 6.45) is 8.96. The quantitative estimate of drug-likeness (QED) is 0.785. The Morgan fingerprint density at radius 2 is 1.95 bits per heavy atom. The number of hydrogen-bond acceptors (Lipinski definition) is 2. The van der Waals surface area contributed by atoms with Gasteiger partial charge < -0.3 is 4.90 Å². The zero-order chi connectivity index (χ0) is 13.2. The molecular weight excluding hydrogens is 257 g/mol. The van der Waals surface area contributed by atoms with E-state index in [9.17, 15) is 4.39 Å². The molecule has 19 heavy (non-hydrogen) atoms. The predicted octanol–water partition coefficient (Wildman–Crippen LogP) is 4.41. The first kappa shape index (κ1) is 12.5. The molecule has 0 amide bonds. The molecule has 1 aliphatic heterocycles. The van der Waals surface area contributed by atoms with Crippen molar-refractivity contribution in [1.82, 2.24) is 4.90 Å². The minimum absolute atomic E-state index is 0.184. The average molecular weight is 273 g/mol. The highest BCUT2D eigenvalue weighted by Crippen LogP contribution is 2.42. The number of allylic oxidation sites excluding steroid dienone is 4. The second-order valence-corrected chi connectivity index (χ2v) is 5.75. The maximum absolute atomic E-state index is 13.1. The molecule has 0 atom stereocenters. The van der Waals surface area contributed by atoms with Gasteiger partial charge in [0, 0.05) is 12.0 Å². The van der Waals surface area contributed by atoms with Crippen molar-refractivity contribution in [3.05, 3.63) is 64.4 Å². The summed E-state index contributed by atoms with van der Waals surface area (Å²) in [5.74, 6) is 0.767. The van der Waals surface area contributed by atoms with Gasteiger partial charge in [-0.3, -0.25) is 0 Å². The minimum Gasteiger partial charge on any atom is -0.364 e. The molecule has 3 rings (SSSR count). The van der Waals surface area contributed by atoms with E-state index in [4.69, 9.17) is 0 Å². The molecule has 1 heterocycles. The van der Waals surface area contributed by atoms with E-state index in [1.54, 1.807) is 0 Å². The second-order valence-electron chi connectivity index (χ2n) is 4.80.